The zero-order valence-electron chi connectivity index (χ0n) is 15.9. The van der Waals surface area contributed by atoms with E-state index in [2.05, 4.69) is 10.3 Å². The number of halogens is 1. The minimum atomic E-state index is -0.369. The zero-order valence-corrected chi connectivity index (χ0v) is 16.6. The van der Waals surface area contributed by atoms with Crippen LogP contribution in [0.2, 0.25) is 0 Å². The lowest BCUT2D eigenvalue weighted by atomic mass is 9.92. The molecule has 1 aliphatic rings. The molecule has 0 bridgehead atoms. The number of pyridine rings is 1. The van der Waals surface area contributed by atoms with Gasteiger partial charge in [0.05, 0.1) is 0 Å². The Kier molecular flexibility index (Phi) is 5.55. The zero-order chi connectivity index (χ0) is 21.1. The molecule has 0 atom stereocenters. The third-order valence-electron chi connectivity index (χ3n) is 4.92. The van der Waals surface area contributed by atoms with Gasteiger partial charge in [-0.15, -0.1) is 0 Å². The number of fused-ring (bicyclic) bond motifs is 1. The molecule has 30 heavy (non-hydrogen) atoms. The van der Waals surface area contributed by atoms with Crippen molar-refractivity contribution in [2.75, 3.05) is 0 Å². The highest BCUT2D eigenvalue weighted by Gasteiger charge is 2.30. The second-order valence-corrected chi connectivity index (χ2v) is 7.28. The molecule has 1 N–H and O–H groups in total. The van der Waals surface area contributed by atoms with Crippen LogP contribution in [-0.2, 0) is 13.0 Å². The molecule has 0 unspecified atom stereocenters. The normalized spacial score (nSPS) is 13.2. The van der Waals surface area contributed by atoms with E-state index in [4.69, 9.17) is 11.6 Å². The van der Waals surface area contributed by atoms with Gasteiger partial charge in [-0.2, -0.15) is 0 Å². The van der Waals surface area contributed by atoms with Gasteiger partial charge in [-0.05, 0) is 23.3 Å². The summed E-state index contributed by atoms with van der Waals surface area (Å²) < 4.78 is 0. The Morgan fingerprint density at radius 3 is 2.13 bits per heavy atom. The lowest BCUT2D eigenvalue weighted by molar-refractivity contribution is 0.0974. The molecule has 0 saturated heterocycles. The predicted molar refractivity (Wildman–Crippen MR) is 114 cm³/mol. The monoisotopic (exact) mass is 416 g/mol. The summed E-state index contributed by atoms with van der Waals surface area (Å²) in [6.45, 7) is 0.297. The van der Waals surface area contributed by atoms with Crippen molar-refractivity contribution in [2.45, 2.75) is 13.0 Å². The van der Waals surface area contributed by atoms with E-state index in [9.17, 15) is 14.4 Å². The second kappa shape index (κ2) is 8.43. The van der Waals surface area contributed by atoms with Crippen molar-refractivity contribution in [1.82, 2.24) is 10.3 Å². The van der Waals surface area contributed by atoms with Gasteiger partial charge in [-0.25, -0.2) is 0 Å². The number of Topliss-reactive ketones (excluding diaryl/α,β-unsaturated/α-hetero) is 3. The van der Waals surface area contributed by atoms with E-state index >= 15 is 0 Å². The molecular formula is C24H17ClN2O3. The van der Waals surface area contributed by atoms with Gasteiger partial charge in [0.15, 0.2) is 5.78 Å². The summed E-state index contributed by atoms with van der Waals surface area (Å²) in [4.78, 5) is 41.5. The molecule has 4 rings (SSSR count). The number of aromatic nitrogens is 1. The fourth-order valence-corrected chi connectivity index (χ4v) is 3.54. The van der Waals surface area contributed by atoms with E-state index < -0.39 is 0 Å². The topological polar surface area (TPSA) is 76.1 Å². The summed E-state index contributed by atoms with van der Waals surface area (Å²) in [6, 6.07) is 17.4. The summed E-state index contributed by atoms with van der Waals surface area (Å²) in [5.74, 6) is -0.665. The van der Waals surface area contributed by atoms with E-state index in [-0.39, 0.29) is 28.1 Å². The lowest BCUT2D eigenvalue weighted by Crippen LogP contribution is -2.28. The van der Waals surface area contributed by atoms with E-state index in [1.165, 1.54) is 0 Å². The highest BCUT2D eigenvalue weighted by molar-refractivity contribution is 6.49. The van der Waals surface area contributed by atoms with Crippen LogP contribution in [0.3, 0.4) is 0 Å². The van der Waals surface area contributed by atoms with Crippen LogP contribution in [0.15, 0.2) is 83.8 Å². The Hall–Kier alpha value is -3.57. The van der Waals surface area contributed by atoms with Gasteiger partial charge in [0.25, 0.3) is 0 Å². The Morgan fingerprint density at radius 2 is 1.47 bits per heavy atom. The Balaban J connectivity index is 1.44. The fraction of sp³-hybridized carbons (Fsp3) is 0.0833. The third-order valence-corrected chi connectivity index (χ3v) is 5.28. The van der Waals surface area contributed by atoms with Crippen LogP contribution in [0.25, 0.3) is 0 Å². The van der Waals surface area contributed by atoms with Crippen LogP contribution in [0.1, 0.15) is 42.2 Å². The van der Waals surface area contributed by atoms with Crippen molar-refractivity contribution >= 4 is 29.0 Å². The number of carbonyl (C=O) groups excluding carboxylic acids is 3. The van der Waals surface area contributed by atoms with Crippen LogP contribution in [0.4, 0.5) is 0 Å². The summed E-state index contributed by atoms with van der Waals surface area (Å²) in [7, 11) is 0. The Bertz CT molecular complexity index is 1170. The molecule has 0 fully saturated rings. The maximum atomic E-state index is 12.7. The maximum Gasteiger partial charge on any atom is 0.211 e. The summed E-state index contributed by atoms with van der Waals surface area (Å²) in [5.41, 5.74) is 3.11. The molecule has 0 aliphatic heterocycles. The Labute approximate surface area is 178 Å². The largest absolute Gasteiger partial charge is 0.376 e. The summed E-state index contributed by atoms with van der Waals surface area (Å²) >= 11 is 6.16. The van der Waals surface area contributed by atoms with Crippen molar-refractivity contribution in [1.29, 1.82) is 0 Å². The molecule has 5 nitrogen and oxygen atoms in total. The number of ketones is 3. The van der Waals surface area contributed by atoms with Crippen LogP contribution in [0, 0.1) is 0 Å². The average molecular weight is 417 g/mol. The first-order chi connectivity index (χ1) is 14.5. The van der Waals surface area contributed by atoms with Gasteiger partial charge in [0.1, 0.15) is 10.7 Å². The molecular weight excluding hydrogens is 400 g/mol. The van der Waals surface area contributed by atoms with E-state index in [1.807, 2.05) is 24.3 Å². The highest BCUT2D eigenvalue weighted by Crippen LogP contribution is 2.27. The van der Waals surface area contributed by atoms with E-state index in [1.54, 1.807) is 48.8 Å². The lowest BCUT2D eigenvalue weighted by Gasteiger charge is -2.19. The Morgan fingerprint density at radius 1 is 0.833 bits per heavy atom. The molecule has 0 saturated carbocycles. The van der Waals surface area contributed by atoms with Crippen LogP contribution in [-0.4, -0.2) is 22.3 Å². The molecule has 0 spiro atoms. The van der Waals surface area contributed by atoms with Gasteiger partial charge in [0, 0.05) is 42.0 Å². The van der Waals surface area contributed by atoms with E-state index in [0.717, 1.165) is 11.1 Å². The first kappa shape index (κ1) is 19.7. The standard InChI is InChI=1S/C24H17ClN2O3/c25-21-22(24(30)19-4-2-1-3-18(19)23(21)29)27-14-16-5-7-17(8-6-16)20(28)13-15-9-11-26-12-10-15/h1-12,27H,13-14H2. The van der Waals surface area contributed by atoms with Gasteiger partial charge in [-0.3, -0.25) is 19.4 Å². The van der Waals surface area contributed by atoms with Crippen molar-refractivity contribution < 1.29 is 14.4 Å². The second-order valence-electron chi connectivity index (χ2n) is 6.90. The number of nitrogens with zero attached hydrogens (tertiary/aromatic N) is 1. The molecule has 3 aromatic rings. The number of allylic oxidation sites excluding steroid dienone is 2. The minimum absolute atomic E-state index is 0.0103. The van der Waals surface area contributed by atoms with Crippen LogP contribution < -0.4 is 5.32 Å². The fourth-order valence-electron chi connectivity index (χ4n) is 3.29. The van der Waals surface area contributed by atoms with Crippen molar-refractivity contribution in [3.05, 3.63) is 112 Å². The van der Waals surface area contributed by atoms with Crippen LogP contribution >= 0.6 is 11.6 Å². The van der Waals surface area contributed by atoms with Crippen LogP contribution in [0.5, 0.6) is 0 Å². The SMILES string of the molecule is O=C(Cc1ccncc1)c1ccc(CNC2=C(Cl)C(=O)c3ccccc3C2=O)cc1. The number of benzene rings is 2. The van der Waals surface area contributed by atoms with Gasteiger partial charge in [0.2, 0.25) is 11.6 Å². The number of hydrogen-bond donors (Lipinski definition) is 1. The van der Waals surface area contributed by atoms with Crippen molar-refractivity contribution in [3.8, 4) is 0 Å². The number of rotatable bonds is 6. The molecule has 1 aromatic heterocycles. The first-order valence-corrected chi connectivity index (χ1v) is 9.75. The maximum absolute atomic E-state index is 12.7. The third kappa shape index (κ3) is 3.93. The minimum Gasteiger partial charge on any atom is -0.376 e. The number of nitrogens with one attached hydrogen (secondary N) is 1. The quantitative estimate of drug-likeness (QED) is 0.611. The number of hydrogen-bond acceptors (Lipinski definition) is 5. The molecule has 0 amide bonds. The van der Waals surface area contributed by atoms with Gasteiger partial charge < -0.3 is 5.32 Å². The number of carbonyl (C=O) groups is 3. The molecule has 2 aromatic carbocycles. The molecule has 1 aliphatic carbocycles. The molecule has 6 heteroatoms. The predicted octanol–water partition coefficient (Wildman–Crippen LogP) is 4.13. The molecule has 148 valence electrons. The van der Waals surface area contributed by atoms with Gasteiger partial charge >= 0.3 is 0 Å². The highest BCUT2D eigenvalue weighted by atomic mass is 35.5. The smallest absolute Gasteiger partial charge is 0.211 e. The van der Waals surface area contributed by atoms with E-state index in [0.29, 0.717) is 29.7 Å². The van der Waals surface area contributed by atoms with Crippen molar-refractivity contribution in [3.63, 3.8) is 0 Å². The molecule has 0 radical (unpaired) electrons. The molecule has 1 heterocycles. The first-order valence-electron chi connectivity index (χ1n) is 9.37. The summed E-state index contributed by atoms with van der Waals surface area (Å²) in [5, 5.41) is 2.87. The van der Waals surface area contributed by atoms with Crippen molar-refractivity contribution in [2.24, 2.45) is 0 Å². The summed E-state index contributed by atoms with van der Waals surface area (Å²) in [6.07, 6.45) is 3.62. The average Bonchev–Trinajstić information content (AvgIpc) is 2.78. The van der Waals surface area contributed by atoms with Gasteiger partial charge in [-0.1, -0.05) is 60.1 Å².